The number of nitrogens with zero attached hydrogens (tertiary/aromatic N) is 5. The molecule has 2 aromatic rings. The zero-order chi connectivity index (χ0) is 23.2. The quantitative estimate of drug-likeness (QED) is 0.775. The molecule has 1 aliphatic heterocycles. The van der Waals surface area contributed by atoms with Crippen molar-refractivity contribution >= 4 is 11.9 Å². The molecule has 0 radical (unpaired) electrons. The second-order valence-corrected chi connectivity index (χ2v) is 9.36. The van der Waals surface area contributed by atoms with Crippen LogP contribution in [-0.2, 0) is 28.0 Å². The van der Waals surface area contributed by atoms with E-state index in [0.29, 0.717) is 17.3 Å². The van der Waals surface area contributed by atoms with Crippen molar-refractivity contribution in [2.45, 2.75) is 57.2 Å². The van der Waals surface area contributed by atoms with Gasteiger partial charge >= 0.3 is 0 Å². The van der Waals surface area contributed by atoms with Gasteiger partial charge in [-0.2, -0.15) is 5.26 Å². The molecule has 1 aromatic carbocycles. The number of ether oxygens (including phenoxy) is 1. The summed E-state index contributed by atoms with van der Waals surface area (Å²) in [6.07, 6.45) is 7.64. The Kier molecular flexibility index (Phi) is 5.17. The van der Waals surface area contributed by atoms with Crippen molar-refractivity contribution in [1.29, 1.82) is 5.26 Å². The van der Waals surface area contributed by atoms with Crippen LogP contribution in [0.15, 0.2) is 41.7 Å². The summed E-state index contributed by atoms with van der Waals surface area (Å²) in [6, 6.07) is 9.60. The second-order valence-electron chi connectivity index (χ2n) is 9.36. The molecule has 1 amide bonds. The number of aliphatic imine (C=N–C) groups is 1. The van der Waals surface area contributed by atoms with Gasteiger partial charge in [0.2, 0.25) is 0 Å². The molecule has 2 heterocycles. The van der Waals surface area contributed by atoms with Gasteiger partial charge in [0.05, 0.1) is 24.3 Å². The number of rotatable bonds is 4. The summed E-state index contributed by atoms with van der Waals surface area (Å²) in [5, 5.41) is 9.57. The van der Waals surface area contributed by atoms with Crippen LogP contribution < -0.4 is 5.73 Å². The topological polar surface area (TPSA) is 117 Å². The number of amides is 1. The zero-order valence-electron chi connectivity index (χ0n) is 19.0. The average Bonchev–Trinajstić information content (AvgIpc) is 3.25. The molecule has 1 fully saturated rings. The molecule has 1 saturated carbocycles. The molecular weight excluding hydrogens is 416 g/mol. The summed E-state index contributed by atoms with van der Waals surface area (Å²) in [5.41, 5.74) is 7.28. The van der Waals surface area contributed by atoms with Crippen molar-refractivity contribution < 1.29 is 9.53 Å². The van der Waals surface area contributed by atoms with Crippen LogP contribution in [0, 0.1) is 22.7 Å². The summed E-state index contributed by atoms with van der Waals surface area (Å²) in [5.74, 6) is 0.866. The molecule has 0 saturated heterocycles. The van der Waals surface area contributed by atoms with E-state index in [9.17, 15) is 10.1 Å². The highest BCUT2D eigenvalue weighted by Gasteiger charge is 2.67. The Hall–Kier alpha value is -3.31. The number of aromatic nitrogens is 2. The van der Waals surface area contributed by atoms with E-state index in [-0.39, 0.29) is 24.5 Å². The van der Waals surface area contributed by atoms with Crippen LogP contribution in [0.25, 0.3) is 0 Å². The van der Waals surface area contributed by atoms with Gasteiger partial charge in [-0.15, -0.1) is 0 Å². The Labute approximate surface area is 193 Å². The van der Waals surface area contributed by atoms with Crippen LogP contribution in [0.1, 0.15) is 55.1 Å². The number of carbonyl (C=O) groups is 1. The lowest BCUT2D eigenvalue weighted by Gasteiger charge is -2.48. The fraction of sp³-hybridized carbons (Fsp3) is 0.480. The van der Waals surface area contributed by atoms with Crippen molar-refractivity contribution in [3.05, 3.63) is 59.2 Å². The number of hydrogen-bond donors (Lipinski definition) is 1. The Bertz CT molecular complexity index is 1160. The van der Waals surface area contributed by atoms with Crippen molar-refractivity contribution in [2.24, 2.45) is 22.1 Å². The van der Waals surface area contributed by atoms with E-state index in [2.05, 4.69) is 23.0 Å². The lowest BCUT2D eigenvalue weighted by molar-refractivity contribution is -0.140. The lowest BCUT2D eigenvalue weighted by Crippen LogP contribution is -2.53. The van der Waals surface area contributed by atoms with E-state index in [4.69, 9.17) is 15.5 Å². The number of guanidine groups is 1. The van der Waals surface area contributed by atoms with Crippen LogP contribution >= 0.6 is 0 Å². The minimum atomic E-state index is -1.14. The molecule has 2 N–H and O–H groups in total. The summed E-state index contributed by atoms with van der Waals surface area (Å²) in [7, 11) is 1.77. The largest absolute Gasteiger partial charge is 0.381 e. The molecule has 33 heavy (non-hydrogen) atoms. The summed E-state index contributed by atoms with van der Waals surface area (Å²) in [4.78, 5) is 29.3. The van der Waals surface area contributed by atoms with E-state index >= 15 is 0 Å². The highest BCUT2D eigenvalue weighted by Crippen LogP contribution is 2.63. The molecule has 1 aromatic heterocycles. The summed E-state index contributed by atoms with van der Waals surface area (Å²) in [6.45, 7) is 2.34. The number of hydrogen-bond acceptors (Lipinski definition) is 7. The predicted molar refractivity (Wildman–Crippen MR) is 122 cm³/mol. The third kappa shape index (κ3) is 3.06. The minimum Gasteiger partial charge on any atom is -0.381 e. The van der Waals surface area contributed by atoms with Crippen molar-refractivity contribution in [3.8, 4) is 6.07 Å². The third-order valence-corrected chi connectivity index (χ3v) is 7.87. The molecular formula is C25H28N6O2. The Balaban J connectivity index is 1.64. The normalized spacial score (nSPS) is 30.5. The Morgan fingerprint density at radius 1 is 1.33 bits per heavy atom. The van der Waals surface area contributed by atoms with E-state index < -0.39 is 11.0 Å². The van der Waals surface area contributed by atoms with Crippen molar-refractivity contribution in [1.82, 2.24) is 14.9 Å². The van der Waals surface area contributed by atoms with Crippen molar-refractivity contribution in [3.63, 3.8) is 0 Å². The van der Waals surface area contributed by atoms with Gasteiger partial charge < -0.3 is 10.5 Å². The first-order valence-electron chi connectivity index (χ1n) is 11.5. The Morgan fingerprint density at radius 2 is 2.12 bits per heavy atom. The molecule has 4 atom stereocenters. The maximum Gasteiger partial charge on any atom is 0.262 e. The van der Waals surface area contributed by atoms with E-state index in [1.165, 1.54) is 4.90 Å². The monoisotopic (exact) mass is 444 g/mol. The van der Waals surface area contributed by atoms with Gasteiger partial charge in [-0.25, -0.2) is 15.0 Å². The van der Waals surface area contributed by atoms with Crippen LogP contribution in [0.3, 0.4) is 0 Å². The predicted octanol–water partition coefficient (Wildman–Crippen LogP) is 2.67. The molecule has 8 nitrogen and oxygen atoms in total. The smallest absolute Gasteiger partial charge is 0.262 e. The van der Waals surface area contributed by atoms with Gasteiger partial charge in [0.15, 0.2) is 11.5 Å². The molecule has 0 bridgehead atoms. The first-order chi connectivity index (χ1) is 16.0. The van der Waals surface area contributed by atoms with Gasteiger partial charge in [0.1, 0.15) is 5.82 Å². The van der Waals surface area contributed by atoms with E-state index in [1.807, 2.05) is 18.2 Å². The number of carbonyl (C=O) groups excluding carboxylic acids is 1. The van der Waals surface area contributed by atoms with Crippen LogP contribution in [0.4, 0.5) is 0 Å². The molecule has 8 heteroatoms. The maximum atomic E-state index is 14.3. The number of methoxy groups -OCH3 is 1. The zero-order valence-corrected chi connectivity index (χ0v) is 19.0. The summed E-state index contributed by atoms with van der Waals surface area (Å²) < 4.78 is 5.79. The highest BCUT2D eigenvalue weighted by molar-refractivity contribution is 6.08. The first kappa shape index (κ1) is 21.5. The number of benzene rings is 1. The van der Waals surface area contributed by atoms with Crippen LogP contribution in [-0.4, -0.2) is 39.9 Å². The van der Waals surface area contributed by atoms with Crippen LogP contribution in [0.2, 0.25) is 0 Å². The molecule has 170 valence electrons. The number of fused-ring (bicyclic) bond motifs is 3. The molecule has 2 aliphatic carbocycles. The van der Waals surface area contributed by atoms with E-state index in [0.717, 1.165) is 43.2 Å². The van der Waals surface area contributed by atoms with Gasteiger partial charge in [0.25, 0.3) is 5.91 Å². The average molecular weight is 445 g/mol. The van der Waals surface area contributed by atoms with Gasteiger partial charge in [-0.1, -0.05) is 19.4 Å². The SMILES string of the molecule is CC[C@@H]1C[C@]2(CC[C@H]1OC)Cc1ccc(C#N)cc1[C@]21N=C(N)N(Cc2ncccn2)C1=O. The molecule has 2 spiro atoms. The second kappa shape index (κ2) is 7.92. The number of nitriles is 1. The van der Waals surface area contributed by atoms with E-state index in [1.54, 1.807) is 25.6 Å². The molecule has 5 rings (SSSR count). The van der Waals surface area contributed by atoms with Gasteiger partial charge in [-0.05, 0) is 60.9 Å². The molecule has 0 unspecified atom stereocenters. The van der Waals surface area contributed by atoms with Gasteiger partial charge in [0, 0.05) is 24.9 Å². The lowest BCUT2D eigenvalue weighted by atomic mass is 9.58. The first-order valence-corrected chi connectivity index (χ1v) is 11.5. The van der Waals surface area contributed by atoms with Gasteiger partial charge in [-0.3, -0.25) is 9.69 Å². The standard InChI is InChI=1S/C25H28N6O2/c1-3-17-12-24(8-7-20(17)33-2)13-18-6-5-16(14-26)11-19(18)25(24)22(32)31(23(27)30-25)15-21-28-9-4-10-29-21/h4-6,9-11,17,20H,3,7-8,12-13,15H2,1-2H3,(H2,27,30)/t17-,20-,24-,25-/m1/s1. The summed E-state index contributed by atoms with van der Waals surface area (Å²) >= 11 is 0. The molecule has 3 aliphatic rings. The fourth-order valence-corrected chi connectivity index (χ4v) is 6.32. The minimum absolute atomic E-state index is 0.146. The maximum absolute atomic E-state index is 14.3. The van der Waals surface area contributed by atoms with Crippen LogP contribution in [0.5, 0.6) is 0 Å². The fourth-order valence-electron chi connectivity index (χ4n) is 6.32. The number of nitrogens with two attached hydrogens (primary N) is 1. The highest BCUT2D eigenvalue weighted by atomic mass is 16.5. The third-order valence-electron chi connectivity index (χ3n) is 7.87. The van der Waals surface area contributed by atoms with Crippen molar-refractivity contribution in [2.75, 3.05) is 7.11 Å². The Morgan fingerprint density at radius 3 is 2.82 bits per heavy atom.